The number of ether oxygens (including phenoxy) is 1. The van der Waals surface area contributed by atoms with E-state index in [2.05, 4.69) is 11.4 Å². The van der Waals surface area contributed by atoms with Crippen LogP contribution in [-0.2, 0) is 6.54 Å². The lowest BCUT2D eigenvalue weighted by molar-refractivity contribution is 0.205. The summed E-state index contributed by atoms with van der Waals surface area (Å²) in [6.45, 7) is 0.976. The maximum atomic E-state index is 9.28. The summed E-state index contributed by atoms with van der Waals surface area (Å²) < 4.78 is 5.13. The first-order valence-corrected chi connectivity index (χ1v) is 6.69. The number of nitrogens with zero attached hydrogens (tertiary/aromatic N) is 1. The van der Waals surface area contributed by atoms with E-state index in [4.69, 9.17) is 10.00 Å². The Bertz CT molecular complexity index is 468. The normalized spacial score (nSPS) is 22.2. The largest absolute Gasteiger partial charge is 0.495 e. The molecule has 1 aromatic rings. The molecule has 0 heterocycles. The average Bonchev–Trinajstić information content (AvgIpc) is 2.92. The van der Waals surface area contributed by atoms with Crippen molar-refractivity contribution in [1.29, 1.82) is 5.26 Å². The summed E-state index contributed by atoms with van der Waals surface area (Å²) in [5, 5.41) is 21.8. The molecule has 0 spiro atoms. The maximum Gasteiger partial charge on any atom is 0.136 e. The van der Waals surface area contributed by atoms with Crippen LogP contribution in [0.3, 0.4) is 0 Å². The van der Waals surface area contributed by atoms with Gasteiger partial charge in [0.15, 0.2) is 0 Å². The van der Waals surface area contributed by atoms with Gasteiger partial charge in [-0.25, -0.2) is 0 Å². The monoisotopic (exact) mass is 260 g/mol. The Morgan fingerprint density at radius 1 is 1.47 bits per heavy atom. The molecule has 1 aromatic carbocycles. The fourth-order valence-electron chi connectivity index (χ4n) is 2.73. The molecule has 2 atom stereocenters. The second-order valence-corrected chi connectivity index (χ2v) is 5.01. The molecule has 102 valence electrons. The van der Waals surface area contributed by atoms with Crippen molar-refractivity contribution in [3.63, 3.8) is 0 Å². The van der Waals surface area contributed by atoms with E-state index in [0.717, 1.165) is 24.9 Å². The van der Waals surface area contributed by atoms with E-state index in [0.29, 0.717) is 23.3 Å². The Labute approximate surface area is 114 Å². The van der Waals surface area contributed by atoms with E-state index in [1.54, 1.807) is 7.11 Å². The number of hydrogen-bond acceptors (Lipinski definition) is 4. The van der Waals surface area contributed by atoms with Gasteiger partial charge in [-0.3, -0.25) is 0 Å². The van der Waals surface area contributed by atoms with Gasteiger partial charge in [-0.15, -0.1) is 0 Å². The van der Waals surface area contributed by atoms with E-state index in [-0.39, 0.29) is 6.61 Å². The summed E-state index contributed by atoms with van der Waals surface area (Å²) in [4.78, 5) is 0. The molecule has 0 saturated heterocycles. The Kier molecular flexibility index (Phi) is 4.78. The number of rotatable bonds is 5. The second-order valence-electron chi connectivity index (χ2n) is 5.01. The number of methoxy groups -OCH3 is 1. The SMILES string of the molecule is COc1ccc(CNC2CCCC2CO)cc1C#N. The minimum atomic E-state index is 0.254. The smallest absolute Gasteiger partial charge is 0.136 e. The third-order valence-corrected chi connectivity index (χ3v) is 3.85. The van der Waals surface area contributed by atoms with E-state index < -0.39 is 0 Å². The molecule has 0 aliphatic heterocycles. The van der Waals surface area contributed by atoms with Crippen LogP contribution < -0.4 is 10.1 Å². The molecule has 1 fully saturated rings. The van der Waals surface area contributed by atoms with Crippen LogP contribution in [0.2, 0.25) is 0 Å². The van der Waals surface area contributed by atoms with Gasteiger partial charge in [0.25, 0.3) is 0 Å². The standard InChI is InChI=1S/C15H20N2O2/c1-19-15-6-5-11(7-13(15)8-16)9-17-14-4-2-3-12(14)10-18/h5-7,12,14,17-18H,2-4,9-10H2,1H3. The fourth-order valence-corrected chi connectivity index (χ4v) is 2.73. The van der Waals surface area contributed by atoms with Crippen LogP contribution >= 0.6 is 0 Å². The van der Waals surface area contributed by atoms with Crippen molar-refractivity contribution in [2.75, 3.05) is 13.7 Å². The van der Waals surface area contributed by atoms with Crippen molar-refractivity contribution >= 4 is 0 Å². The molecule has 1 aliphatic carbocycles. The average molecular weight is 260 g/mol. The van der Waals surface area contributed by atoms with E-state index in [9.17, 15) is 5.11 Å². The summed E-state index contributed by atoms with van der Waals surface area (Å²) in [5.74, 6) is 0.981. The topological polar surface area (TPSA) is 65.3 Å². The Balaban J connectivity index is 1.98. The van der Waals surface area contributed by atoms with Crippen molar-refractivity contribution in [2.24, 2.45) is 5.92 Å². The lowest BCUT2D eigenvalue weighted by Gasteiger charge is -2.19. The van der Waals surface area contributed by atoms with Gasteiger partial charge >= 0.3 is 0 Å². The number of aliphatic hydroxyl groups excluding tert-OH is 1. The molecule has 0 aromatic heterocycles. The highest BCUT2D eigenvalue weighted by Crippen LogP contribution is 2.25. The van der Waals surface area contributed by atoms with E-state index >= 15 is 0 Å². The van der Waals surface area contributed by atoms with Gasteiger partial charge in [0, 0.05) is 19.2 Å². The number of nitriles is 1. The molecule has 0 bridgehead atoms. The first-order valence-electron chi connectivity index (χ1n) is 6.69. The van der Waals surface area contributed by atoms with Crippen molar-refractivity contribution in [3.05, 3.63) is 29.3 Å². The minimum absolute atomic E-state index is 0.254. The van der Waals surface area contributed by atoms with Crippen LogP contribution in [0.5, 0.6) is 5.75 Å². The van der Waals surface area contributed by atoms with Gasteiger partial charge in [-0.2, -0.15) is 5.26 Å². The molecular weight excluding hydrogens is 240 g/mol. The van der Waals surface area contributed by atoms with Crippen molar-refractivity contribution in [1.82, 2.24) is 5.32 Å². The van der Waals surface area contributed by atoms with E-state index in [1.165, 1.54) is 6.42 Å². The zero-order valence-corrected chi connectivity index (χ0v) is 11.2. The van der Waals surface area contributed by atoms with Gasteiger partial charge < -0.3 is 15.2 Å². The Morgan fingerprint density at radius 3 is 3.00 bits per heavy atom. The summed E-state index contributed by atoms with van der Waals surface area (Å²) >= 11 is 0. The Morgan fingerprint density at radius 2 is 2.32 bits per heavy atom. The lowest BCUT2D eigenvalue weighted by Crippen LogP contribution is -2.33. The zero-order valence-electron chi connectivity index (χ0n) is 11.2. The van der Waals surface area contributed by atoms with Gasteiger partial charge in [-0.05, 0) is 36.5 Å². The number of aliphatic hydroxyl groups is 1. The van der Waals surface area contributed by atoms with Gasteiger partial charge in [0.2, 0.25) is 0 Å². The number of nitrogens with one attached hydrogen (secondary N) is 1. The van der Waals surface area contributed by atoms with Crippen LogP contribution in [-0.4, -0.2) is 24.9 Å². The summed E-state index contributed by atoms with van der Waals surface area (Å²) in [7, 11) is 1.57. The van der Waals surface area contributed by atoms with Crippen molar-refractivity contribution in [3.8, 4) is 11.8 Å². The molecule has 0 radical (unpaired) electrons. The zero-order chi connectivity index (χ0) is 13.7. The summed E-state index contributed by atoms with van der Waals surface area (Å²) in [5.41, 5.74) is 1.63. The first kappa shape index (κ1) is 13.9. The predicted octanol–water partition coefficient (Wildman–Crippen LogP) is 1.82. The lowest BCUT2D eigenvalue weighted by atomic mass is 10.0. The minimum Gasteiger partial charge on any atom is -0.495 e. The fraction of sp³-hybridized carbons (Fsp3) is 0.533. The van der Waals surface area contributed by atoms with Crippen molar-refractivity contribution < 1.29 is 9.84 Å². The van der Waals surface area contributed by atoms with Gasteiger partial charge in [0.1, 0.15) is 11.8 Å². The van der Waals surface area contributed by atoms with Crippen LogP contribution in [0.15, 0.2) is 18.2 Å². The van der Waals surface area contributed by atoms with Crippen LogP contribution in [0.1, 0.15) is 30.4 Å². The highest BCUT2D eigenvalue weighted by molar-refractivity contribution is 5.45. The predicted molar refractivity (Wildman–Crippen MR) is 72.8 cm³/mol. The molecule has 1 saturated carbocycles. The maximum absolute atomic E-state index is 9.28. The molecule has 0 amide bonds. The third-order valence-electron chi connectivity index (χ3n) is 3.85. The summed E-state index contributed by atoms with van der Waals surface area (Å²) in [6, 6.07) is 8.18. The second kappa shape index (κ2) is 6.55. The third kappa shape index (κ3) is 3.25. The molecule has 4 nitrogen and oxygen atoms in total. The van der Waals surface area contributed by atoms with Crippen LogP contribution in [0.25, 0.3) is 0 Å². The van der Waals surface area contributed by atoms with Crippen LogP contribution in [0.4, 0.5) is 0 Å². The van der Waals surface area contributed by atoms with Gasteiger partial charge in [0.05, 0.1) is 12.7 Å². The number of benzene rings is 1. The molecule has 4 heteroatoms. The molecule has 1 aliphatic rings. The highest BCUT2D eigenvalue weighted by Gasteiger charge is 2.25. The molecule has 2 N–H and O–H groups in total. The summed E-state index contributed by atoms with van der Waals surface area (Å²) in [6.07, 6.45) is 3.39. The van der Waals surface area contributed by atoms with Crippen LogP contribution in [0, 0.1) is 17.2 Å². The Hall–Kier alpha value is -1.57. The van der Waals surface area contributed by atoms with E-state index in [1.807, 2.05) is 18.2 Å². The molecule has 2 rings (SSSR count). The highest BCUT2D eigenvalue weighted by atomic mass is 16.5. The molecule has 19 heavy (non-hydrogen) atoms. The first-order chi connectivity index (χ1) is 9.28. The molecular formula is C15H20N2O2. The molecule has 2 unspecified atom stereocenters. The quantitative estimate of drug-likeness (QED) is 0.847. The van der Waals surface area contributed by atoms with Gasteiger partial charge in [-0.1, -0.05) is 12.5 Å². The van der Waals surface area contributed by atoms with Crippen molar-refractivity contribution in [2.45, 2.75) is 31.8 Å². The number of hydrogen-bond donors (Lipinski definition) is 2.